The molecule has 0 spiro atoms. The van der Waals surface area contributed by atoms with E-state index in [-0.39, 0.29) is 23.8 Å². The number of benzene rings is 1. The Hall–Kier alpha value is -2.25. The highest BCUT2D eigenvalue weighted by Gasteiger charge is 2.17. The molecule has 0 aliphatic carbocycles. The Morgan fingerprint density at radius 2 is 1.88 bits per heavy atom. The van der Waals surface area contributed by atoms with Crippen LogP contribution < -0.4 is 5.56 Å². The summed E-state index contributed by atoms with van der Waals surface area (Å²) in [6.07, 6.45) is 2.36. The van der Waals surface area contributed by atoms with Crippen molar-refractivity contribution >= 4 is 18.2 Å². The maximum Gasteiger partial charge on any atom is 0.274 e. The molecule has 0 saturated carbocycles. The SMILES string of the molecule is CC1CCN(Cc2cc(=O)n3[nH]c(-c4ccc(F)cc4)nc3n2)CC1.Cl. The third-order valence-corrected chi connectivity index (χ3v) is 4.76. The van der Waals surface area contributed by atoms with Gasteiger partial charge in [0.2, 0.25) is 0 Å². The minimum Gasteiger partial charge on any atom is -0.297 e. The van der Waals surface area contributed by atoms with Gasteiger partial charge in [0, 0.05) is 18.2 Å². The number of H-pyrrole nitrogens is 1. The van der Waals surface area contributed by atoms with E-state index >= 15 is 0 Å². The number of piperidine rings is 1. The number of aromatic amines is 1. The van der Waals surface area contributed by atoms with E-state index in [0.717, 1.165) is 24.7 Å². The van der Waals surface area contributed by atoms with Gasteiger partial charge < -0.3 is 0 Å². The van der Waals surface area contributed by atoms with Crippen LogP contribution in [-0.2, 0) is 6.54 Å². The first-order valence-electron chi connectivity index (χ1n) is 8.55. The summed E-state index contributed by atoms with van der Waals surface area (Å²) in [7, 11) is 0. The summed E-state index contributed by atoms with van der Waals surface area (Å²) in [6.45, 7) is 5.00. The Kier molecular flexibility index (Phi) is 5.38. The number of aromatic nitrogens is 4. The highest BCUT2D eigenvalue weighted by atomic mass is 35.5. The number of likely N-dealkylation sites (tertiary alicyclic amines) is 1. The van der Waals surface area contributed by atoms with Crippen LogP contribution in [0.25, 0.3) is 17.2 Å². The zero-order valence-corrected chi connectivity index (χ0v) is 15.3. The Morgan fingerprint density at radius 1 is 1.19 bits per heavy atom. The molecule has 0 amide bonds. The molecular weight excluding hydrogens is 357 g/mol. The van der Waals surface area contributed by atoms with Crippen molar-refractivity contribution in [2.45, 2.75) is 26.3 Å². The lowest BCUT2D eigenvalue weighted by Crippen LogP contribution is -2.33. The number of rotatable bonds is 3. The van der Waals surface area contributed by atoms with Crippen molar-refractivity contribution in [1.29, 1.82) is 0 Å². The normalized spacial score (nSPS) is 15.9. The molecule has 0 atom stereocenters. The van der Waals surface area contributed by atoms with Crippen LogP contribution in [0.4, 0.5) is 4.39 Å². The van der Waals surface area contributed by atoms with Gasteiger partial charge in [-0.15, -0.1) is 12.4 Å². The topological polar surface area (TPSA) is 66.3 Å². The lowest BCUT2D eigenvalue weighted by atomic mass is 9.99. The molecule has 4 rings (SSSR count). The molecule has 0 unspecified atom stereocenters. The van der Waals surface area contributed by atoms with Crippen molar-refractivity contribution in [3.05, 3.63) is 52.2 Å². The Bertz CT molecular complexity index is 944. The van der Waals surface area contributed by atoms with Crippen molar-refractivity contribution in [2.24, 2.45) is 5.92 Å². The van der Waals surface area contributed by atoms with Crippen molar-refractivity contribution in [3.63, 3.8) is 0 Å². The van der Waals surface area contributed by atoms with E-state index in [1.807, 2.05) is 0 Å². The van der Waals surface area contributed by atoms with E-state index in [1.54, 1.807) is 18.2 Å². The maximum absolute atomic E-state index is 13.1. The zero-order chi connectivity index (χ0) is 17.4. The summed E-state index contributed by atoms with van der Waals surface area (Å²) in [5.41, 5.74) is 1.25. The van der Waals surface area contributed by atoms with Gasteiger partial charge in [0.1, 0.15) is 5.82 Å². The van der Waals surface area contributed by atoms with Crippen molar-refractivity contribution in [3.8, 4) is 11.4 Å². The molecule has 1 saturated heterocycles. The van der Waals surface area contributed by atoms with E-state index in [0.29, 0.717) is 23.7 Å². The van der Waals surface area contributed by atoms with Crippen LogP contribution in [0.3, 0.4) is 0 Å². The van der Waals surface area contributed by atoms with Gasteiger partial charge in [-0.2, -0.15) is 9.50 Å². The molecule has 1 fully saturated rings. The molecule has 26 heavy (non-hydrogen) atoms. The summed E-state index contributed by atoms with van der Waals surface area (Å²) >= 11 is 0. The summed E-state index contributed by atoms with van der Waals surface area (Å²) in [5, 5.41) is 2.93. The monoisotopic (exact) mass is 377 g/mol. The number of fused-ring (bicyclic) bond motifs is 1. The van der Waals surface area contributed by atoms with E-state index in [1.165, 1.54) is 29.5 Å². The second-order valence-corrected chi connectivity index (χ2v) is 6.76. The molecule has 2 aromatic heterocycles. The van der Waals surface area contributed by atoms with Crippen molar-refractivity contribution < 1.29 is 4.39 Å². The van der Waals surface area contributed by atoms with Crippen molar-refractivity contribution in [1.82, 2.24) is 24.5 Å². The fourth-order valence-corrected chi connectivity index (χ4v) is 3.19. The highest BCUT2D eigenvalue weighted by Crippen LogP contribution is 2.18. The number of nitrogens with one attached hydrogen (secondary N) is 1. The number of hydrogen-bond donors (Lipinski definition) is 1. The minimum atomic E-state index is -0.312. The van der Waals surface area contributed by atoms with Gasteiger partial charge in [-0.3, -0.25) is 14.8 Å². The van der Waals surface area contributed by atoms with E-state index in [9.17, 15) is 9.18 Å². The molecule has 0 radical (unpaired) electrons. The van der Waals surface area contributed by atoms with Gasteiger partial charge in [-0.05, 0) is 56.1 Å². The van der Waals surface area contributed by atoms with Gasteiger partial charge in [-0.25, -0.2) is 9.37 Å². The fourth-order valence-electron chi connectivity index (χ4n) is 3.19. The quantitative estimate of drug-likeness (QED) is 0.762. The Balaban J connectivity index is 0.00000196. The van der Waals surface area contributed by atoms with Crippen LogP contribution in [0.5, 0.6) is 0 Å². The minimum absolute atomic E-state index is 0. The maximum atomic E-state index is 13.1. The molecule has 138 valence electrons. The lowest BCUT2D eigenvalue weighted by molar-refractivity contribution is 0.183. The van der Waals surface area contributed by atoms with E-state index in [2.05, 4.69) is 26.9 Å². The molecule has 1 aromatic carbocycles. The van der Waals surface area contributed by atoms with Crippen LogP contribution in [0, 0.1) is 11.7 Å². The molecule has 1 aliphatic rings. The first-order valence-corrected chi connectivity index (χ1v) is 8.55. The second kappa shape index (κ2) is 7.55. The average molecular weight is 378 g/mol. The molecule has 3 aromatic rings. The van der Waals surface area contributed by atoms with Gasteiger partial charge in [0.25, 0.3) is 11.3 Å². The molecule has 1 N–H and O–H groups in total. The first kappa shape index (κ1) is 18.5. The third-order valence-electron chi connectivity index (χ3n) is 4.76. The number of halogens is 2. The predicted molar refractivity (Wildman–Crippen MR) is 99.9 cm³/mol. The van der Waals surface area contributed by atoms with Gasteiger partial charge in [-0.1, -0.05) is 6.92 Å². The highest BCUT2D eigenvalue weighted by molar-refractivity contribution is 5.85. The van der Waals surface area contributed by atoms with Crippen LogP contribution in [0.1, 0.15) is 25.5 Å². The Labute approximate surface area is 156 Å². The summed E-state index contributed by atoms with van der Waals surface area (Å²) in [6, 6.07) is 7.52. The standard InChI is InChI=1S/C18H20FN5O.ClH/c1-12-6-8-23(9-7-12)11-15-10-16(25)24-18(20-15)21-17(22-24)13-2-4-14(19)5-3-13;/h2-5,10,12H,6-9,11H2,1H3,(H,20,21,22);1H. The third kappa shape index (κ3) is 3.78. The van der Waals surface area contributed by atoms with E-state index < -0.39 is 0 Å². The van der Waals surface area contributed by atoms with Crippen LogP contribution >= 0.6 is 12.4 Å². The summed E-state index contributed by atoms with van der Waals surface area (Å²) in [5.74, 6) is 1.29. The fraction of sp³-hybridized carbons (Fsp3) is 0.389. The van der Waals surface area contributed by atoms with Crippen LogP contribution in [0.15, 0.2) is 35.1 Å². The average Bonchev–Trinajstić information content (AvgIpc) is 3.02. The summed E-state index contributed by atoms with van der Waals surface area (Å²) in [4.78, 5) is 23.6. The largest absolute Gasteiger partial charge is 0.297 e. The van der Waals surface area contributed by atoms with E-state index in [4.69, 9.17) is 0 Å². The lowest BCUT2D eigenvalue weighted by Gasteiger charge is -2.29. The molecule has 1 aliphatic heterocycles. The van der Waals surface area contributed by atoms with Crippen LogP contribution in [-0.4, -0.2) is 37.6 Å². The van der Waals surface area contributed by atoms with Gasteiger partial charge in [0.15, 0.2) is 5.82 Å². The first-order chi connectivity index (χ1) is 12.1. The molecular formula is C18H21ClFN5O. The van der Waals surface area contributed by atoms with Gasteiger partial charge in [0.05, 0.1) is 5.69 Å². The number of hydrogen-bond acceptors (Lipinski definition) is 4. The molecule has 6 nitrogen and oxygen atoms in total. The molecule has 8 heteroatoms. The molecule has 3 heterocycles. The Morgan fingerprint density at radius 3 is 2.58 bits per heavy atom. The van der Waals surface area contributed by atoms with Gasteiger partial charge >= 0.3 is 0 Å². The predicted octanol–water partition coefficient (Wildman–Crippen LogP) is 2.88. The van der Waals surface area contributed by atoms with Crippen LogP contribution in [0.2, 0.25) is 0 Å². The van der Waals surface area contributed by atoms with Crippen molar-refractivity contribution in [2.75, 3.05) is 13.1 Å². The number of nitrogens with zero attached hydrogens (tertiary/aromatic N) is 4. The second-order valence-electron chi connectivity index (χ2n) is 6.76. The molecule has 0 bridgehead atoms. The zero-order valence-electron chi connectivity index (χ0n) is 14.5. The summed E-state index contributed by atoms with van der Waals surface area (Å²) < 4.78 is 14.4. The smallest absolute Gasteiger partial charge is 0.274 e.